The summed E-state index contributed by atoms with van der Waals surface area (Å²) in [5.41, 5.74) is 0.128. The van der Waals surface area contributed by atoms with Gasteiger partial charge in [-0.2, -0.15) is 18.1 Å². The van der Waals surface area contributed by atoms with Crippen LogP contribution in [0.5, 0.6) is 11.5 Å². The Labute approximate surface area is 126 Å². The number of nitrogens with zero attached hydrogens (tertiary/aromatic N) is 1. The molecule has 22 heavy (non-hydrogen) atoms. The molecule has 1 aromatic carbocycles. The molecule has 1 aromatic rings. The van der Waals surface area contributed by atoms with Gasteiger partial charge in [-0.3, -0.25) is 0 Å². The molecule has 122 valence electrons. The van der Waals surface area contributed by atoms with Crippen LogP contribution in [-0.4, -0.2) is 18.4 Å². The molecule has 0 amide bonds. The van der Waals surface area contributed by atoms with Crippen LogP contribution in [0.4, 0.5) is 13.2 Å². The van der Waals surface area contributed by atoms with Crippen molar-refractivity contribution in [2.45, 2.75) is 50.9 Å². The van der Waals surface area contributed by atoms with Crippen molar-refractivity contribution in [1.82, 2.24) is 0 Å². The lowest BCUT2D eigenvalue weighted by Gasteiger charge is -2.35. The van der Waals surface area contributed by atoms with Gasteiger partial charge in [0.1, 0.15) is 23.1 Å². The van der Waals surface area contributed by atoms with Gasteiger partial charge < -0.3 is 9.47 Å². The van der Waals surface area contributed by atoms with E-state index in [1.807, 2.05) is 13.8 Å². The number of halogens is 3. The number of benzene rings is 1. The van der Waals surface area contributed by atoms with Gasteiger partial charge in [0.2, 0.25) is 0 Å². The lowest BCUT2D eigenvalue weighted by Crippen LogP contribution is -2.34. The van der Waals surface area contributed by atoms with Gasteiger partial charge in [-0.15, -0.1) is 0 Å². The smallest absolute Gasteiger partial charge is 0.389 e. The first-order chi connectivity index (χ1) is 10.2. The standard InChI is InChI=1S/C15H18F3NO3/c1-14(2)9-12(19-20)11-8-10(4-5-13(11)22-14)21-7-3-6-15(16,17)18/h4-5,8,12H,3,6-7,9H2,1-2H3. The third-order valence-corrected chi connectivity index (χ3v) is 3.41. The highest BCUT2D eigenvalue weighted by Crippen LogP contribution is 2.42. The Bertz CT molecular complexity index is 543. The summed E-state index contributed by atoms with van der Waals surface area (Å²) >= 11 is 0. The lowest BCUT2D eigenvalue weighted by molar-refractivity contribution is -0.136. The first kappa shape index (κ1) is 16.6. The van der Waals surface area contributed by atoms with Gasteiger partial charge in [0.15, 0.2) is 0 Å². The van der Waals surface area contributed by atoms with E-state index in [2.05, 4.69) is 5.18 Å². The molecule has 1 atom stereocenters. The maximum atomic E-state index is 12.1. The molecule has 0 fully saturated rings. The van der Waals surface area contributed by atoms with Gasteiger partial charge in [0.25, 0.3) is 0 Å². The van der Waals surface area contributed by atoms with Crippen molar-refractivity contribution >= 4 is 0 Å². The zero-order chi connectivity index (χ0) is 16.4. The molecule has 0 radical (unpaired) electrons. The fourth-order valence-corrected chi connectivity index (χ4v) is 2.44. The van der Waals surface area contributed by atoms with Crippen molar-refractivity contribution in [3.63, 3.8) is 0 Å². The van der Waals surface area contributed by atoms with E-state index in [1.54, 1.807) is 18.2 Å². The number of nitroso groups, excluding NO2 is 1. The van der Waals surface area contributed by atoms with E-state index in [0.717, 1.165) is 0 Å². The summed E-state index contributed by atoms with van der Waals surface area (Å²) < 4.78 is 47.3. The first-order valence-electron chi connectivity index (χ1n) is 7.05. The largest absolute Gasteiger partial charge is 0.494 e. The Morgan fingerprint density at radius 3 is 2.77 bits per heavy atom. The molecule has 1 unspecified atom stereocenters. The summed E-state index contributed by atoms with van der Waals surface area (Å²) in [6, 6.07) is 4.35. The molecule has 1 aliphatic heterocycles. The molecule has 1 aliphatic rings. The summed E-state index contributed by atoms with van der Waals surface area (Å²) in [4.78, 5) is 11.0. The van der Waals surface area contributed by atoms with E-state index in [0.29, 0.717) is 23.5 Å². The highest BCUT2D eigenvalue weighted by molar-refractivity contribution is 5.44. The minimum atomic E-state index is -4.18. The summed E-state index contributed by atoms with van der Waals surface area (Å²) in [7, 11) is 0. The third-order valence-electron chi connectivity index (χ3n) is 3.41. The first-order valence-corrected chi connectivity index (χ1v) is 7.05. The van der Waals surface area contributed by atoms with Crippen molar-refractivity contribution in [3.05, 3.63) is 28.7 Å². The van der Waals surface area contributed by atoms with Crippen LogP contribution < -0.4 is 9.47 Å². The summed E-state index contributed by atoms with van der Waals surface area (Å²) in [5.74, 6) is 0.973. The average Bonchev–Trinajstić information content (AvgIpc) is 2.41. The van der Waals surface area contributed by atoms with Crippen LogP contribution in [0.25, 0.3) is 0 Å². The van der Waals surface area contributed by atoms with Crippen molar-refractivity contribution < 1.29 is 22.6 Å². The molecular formula is C15H18F3NO3. The molecule has 0 aliphatic carbocycles. The second-order valence-electron chi connectivity index (χ2n) is 5.95. The number of fused-ring (bicyclic) bond motifs is 1. The van der Waals surface area contributed by atoms with E-state index >= 15 is 0 Å². The summed E-state index contributed by atoms with van der Waals surface area (Å²) in [6.45, 7) is 3.70. The zero-order valence-electron chi connectivity index (χ0n) is 12.4. The summed E-state index contributed by atoms with van der Waals surface area (Å²) in [5, 5.41) is 3.12. The minimum absolute atomic E-state index is 0.0379. The Balaban J connectivity index is 2.03. The number of hydrogen-bond donors (Lipinski definition) is 0. The number of hydrogen-bond acceptors (Lipinski definition) is 4. The van der Waals surface area contributed by atoms with Crippen molar-refractivity contribution in [1.29, 1.82) is 0 Å². The SMILES string of the molecule is CC1(C)CC(N=O)c2cc(OCCCC(F)(F)F)ccc2O1. The van der Waals surface area contributed by atoms with E-state index in [4.69, 9.17) is 9.47 Å². The van der Waals surface area contributed by atoms with Gasteiger partial charge in [0, 0.05) is 18.4 Å². The van der Waals surface area contributed by atoms with Crippen LogP contribution in [-0.2, 0) is 0 Å². The van der Waals surface area contributed by atoms with Crippen LogP contribution >= 0.6 is 0 Å². The Hall–Kier alpha value is -1.79. The molecule has 0 saturated heterocycles. The Morgan fingerprint density at radius 1 is 1.41 bits per heavy atom. The van der Waals surface area contributed by atoms with Crippen LogP contribution in [0.15, 0.2) is 23.4 Å². The third kappa shape index (κ3) is 4.35. The van der Waals surface area contributed by atoms with E-state index in [1.165, 1.54) is 0 Å². The van der Waals surface area contributed by atoms with Crippen LogP contribution in [0.1, 0.15) is 44.7 Å². The van der Waals surface area contributed by atoms with Gasteiger partial charge >= 0.3 is 6.18 Å². The molecule has 0 N–H and O–H groups in total. The average molecular weight is 317 g/mol. The summed E-state index contributed by atoms with van der Waals surface area (Å²) in [6.07, 6.45) is -4.72. The van der Waals surface area contributed by atoms with Crippen LogP contribution in [0.2, 0.25) is 0 Å². The minimum Gasteiger partial charge on any atom is -0.494 e. The van der Waals surface area contributed by atoms with Crippen molar-refractivity contribution in [2.75, 3.05) is 6.61 Å². The second-order valence-corrected chi connectivity index (χ2v) is 5.95. The molecule has 1 heterocycles. The van der Waals surface area contributed by atoms with Crippen molar-refractivity contribution in [2.24, 2.45) is 5.18 Å². The predicted octanol–water partition coefficient (Wildman–Crippen LogP) is 4.78. The van der Waals surface area contributed by atoms with Crippen LogP contribution in [0, 0.1) is 4.91 Å². The van der Waals surface area contributed by atoms with Gasteiger partial charge in [-0.25, -0.2) is 0 Å². The molecule has 0 bridgehead atoms. The molecule has 0 aromatic heterocycles. The van der Waals surface area contributed by atoms with Gasteiger partial charge in [-0.05, 0) is 38.5 Å². The predicted molar refractivity (Wildman–Crippen MR) is 75.1 cm³/mol. The number of alkyl halides is 3. The normalized spacial score (nSPS) is 20.0. The van der Waals surface area contributed by atoms with Crippen molar-refractivity contribution in [3.8, 4) is 11.5 Å². The zero-order valence-corrected chi connectivity index (χ0v) is 12.4. The molecule has 0 spiro atoms. The Morgan fingerprint density at radius 2 is 2.14 bits per heavy atom. The Kier molecular flexibility index (Phi) is 4.63. The van der Waals surface area contributed by atoms with Gasteiger partial charge in [0.05, 0.1) is 6.61 Å². The second kappa shape index (κ2) is 6.14. The molecule has 4 nitrogen and oxygen atoms in total. The maximum absolute atomic E-state index is 12.1. The molecular weight excluding hydrogens is 299 g/mol. The quantitative estimate of drug-likeness (QED) is 0.580. The molecule has 7 heteroatoms. The molecule has 2 rings (SSSR count). The van der Waals surface area contributed by atoms with E-state index < -0.39 is 24.2 Å². The fraction of sp³-hybridized carbons (Fsp3) is 0.600. The lowest BCUT2D eigenvalue weighted by atomic mass is 9.90. The molecule has 0 saturated carbocycles. The monoisotopic (exact) mass is 317 g/mol. The van der Waals surface area contributed by atoms with Gasteiger partial charge in [-0.1, -0.05) is 5.18 Å². The maximum Gasteiger partial charge on any atom is 0.389 e. The highest BCUT2D eigenvalue weighted by Gasteiger charge is 2.34. The highest BCUT2D eigenvalue weighted by atomic mass is 19.4. The number of rotatable bonds is 5. The topological polar surface area (TPSA) is 47.9 Å². The fourth-order valence-electron chi connectivity index (χ4n) is 2.44. The van der Waals surface area contributed by atoms with Crippen LogP contribution in [0.3, 0.4) is 0 Å². The van der Waals surface area contributed by atoms with E-state index in [9.17, 15) is 18.1 Å². The van der Waals surface area contributed by atoms with E-state index in [-0.39, 0.29) is 13.0 Å². The number of ether oxygens (including phenoxy) is 2.